The number of carboxylic acid groups (broad SMARTS) is 1. The molecule has 7 heteroatoms. The topological polar surface area (TPSA) is 76.1 Å². The Bertz CT molecular complexity index is 435. The summed E-state index contributed by atoms with van der Waals surface area (Å²) in [4.78, 5) is 24.7. The maximum absolute atomic E-state index is 15.0. The van der Waals surface area contributed by atoms with Crippen LogP contribution in [0.1, 0.15) is 27.2 Å². The molecule has 0 aliphatic carbocycles. The van der Waals surface area contributed by atoms with Gasteiger partial charge in [-0.1, -0.05) is 0 Å². The highest BCUT2D eigenvalue weighted by atomic mass is 19.1. The summed E-state index contributed by atoms with van der Waals surface area (Å²) in [5, 5.41) is 9.40. The second-order valence-electron chi connectivity index (χ2n) is 6.49. The van der Waals surface area contributed by atoms with Crippen LogP contribution in [0, 0.1) is 5.41 Å². The fourth-order valence-corrected chi connectivity index (χ4v) is 2.73. The zero-order chi connectivity index (χ0) is 15.2. The van der Waals surface area contributed by atoms with Gasteiger partial charge in [-0.05, 0) is 20.8 Å². The average molecular weight is 289 g/mol. The van der Waals surface area contributed by atoms with Gasteiger partial charge in [0.15, 0.2) is 5.67 Å². The fourth-order valence-electron chi connectivity index (χ4n) is 2.73. The summed E-state index contributed by atoms with van der Waals surface area (Å²) in [6.45, 7) is 4.55. The third-order valence-electron chi connectivity index (χ3n) is 3.81. The number of amides is 1. The van der Waals surface area contributed by atoms with Gasteiger partial charge in [-0.15, -0.1) is 0 Å². The summed E-state index contributed by atoms with van der Waals surface area (Å²) in [6, 6.07) is 0. The van der Waals surface area contributed by atoms with E-state index in [4.69, 9.17) is 9.47 Å². The first-order chi connectivity index (χ1) is 9.10. The van der Waals surface area contributed by atoms with Gasteiger partial charge in [0.25, 0.3) is 0 Å². The summed E-state index contributed by atoms with van der Waals surface area (Å²) in [5.74, 6) is -1.27. The summed E-state index contributed by atoms with van der Waals surface area (Å²) >= 11 is 0. The summed E-state index contributed by atoms with van der Waals surface area (Å²) in [5.41, 5.74) is -4.36. The van der Waals surface area contributed by atoms with E-state index in [9.17, 15) is 19.1 Å². The van der Waals surface area contributed by atoms with Crippen molar-refractivity contribution in [3.63, 3.8) is 0 Å². The van der Waals surface area contributed by atoms with Crippen molar-refractivity contribution < 1.29 is 28.6 Å². The Morgan fingerprint density at radius 1 is 1.35 bits per heavy atom. The molecule has 2 saturated heterocycles. The van der Waals surface area contributed by atoms with E-state index in [1.807, 2.05) is 0 Å². The number of fused-ring (bicyclic) bond motifs is 1. The Labute approximate surface area is 116 Å². The van der Waals surface area contributed by atoms with Gasteiger partial charge in [-0.3, -0.25) is 4.79 Å². The zero-order valence-electron chi connectivity index (χ0n) is 11.9. The number of halogens is 1. The Kier molecular flexibility index (Phi) is 3.44. The monoisotopic (exact) mass is 289 g/mol. The predicted molar refractivity (Wildman–Crippen MR) is 67.2 cm³/mol. The van der Waals surface area contributed by atoms with E-state index >= 15 is 0 Å². The molecule has 2 heterocycles. The average Bonchev–Trinajstić information content (AvgIpc) is 2.61. The van der Waals surface area contributed by atoms with Gasteiger partial charge in [0, 0.05) is 19.6 Å². The van der Waals surface area contributed by atoms with Crippen LogP contribution in [0.4, 0.5) is 9.18 Å². The van der Waals surface area contributed by atoms with Crippen LogP contribution >= 0.6 is 0 Å². The number of aliphatic carboxylic acids is 1. The van der Waals surface area contributed by atoms with Crippen LogP contribution in [-0.4, -0.2) is 59.6 Å². The first kappa shape index (κ1) is 15.0. The van der Waals surface area contributed by atoms with Crippen molar-refractivity contribution in [2.45, 2.75) is 38.5 Å². The van der Waals surface area contributed by atoms with Crippen molar-refractivity contribution in [3.8, 4) is 0 Å². The molecule has 6 nitrogen and oxygen atoms in total. The lowest BCUT2D eigenvalue weighted by molar-refractivity contribution is -0.171. The Morgan fingerprint density at radius 2 is 2.00 bits per heavy atom. The second-order valence-corrected chi connectivity index (χ2v) is 6.49. The van der Waals surface area contributed by atoms with Crippen molar-refractivity contribution >= 4 is 12.1 Å². The first-order valence-corrected chi connectivity index (χ1v) is 6.58. The lowest BCUT2D eigenvalue weighted by Crippen LogP contribution is -2.56. The highest BCUT2D eigenvalue weighted by Gasteiger charge is 2.66. The van der Waals surface area contributed by atoms with Crippen molar-refractivity contribution in [1.29, 1.82) is 0 Å². The van der Waals surface area contributed by atoms with E-state index in [1.165, 1.54) is 0 Å². The maximum Gasteiger partial charge on any atom is 0.410 e. The van der Waals surface area contributed by atoms with Crippen molar-refractivity contribution in [2.75, 3.05) is 26.3 Å². The van der Waals surface area contributed by atoms with Crippen molar-refractivity contribution in [2.24, 2.45) is 5.41 Å². The molecule has 0 aromatic carbocycles. The molecule has 2 atom stereocenters. The summed E-state index contributed by atoms with van der Waals surface area (Å²) in [6.07, 6.45) is -0.719. The number of likely N-dealkylation sites (tertiary alicyclic amines) is 1. The van der Waals surface area contributed by atoms with Gasteiger partial charge in [0.1, 0.15) is 11.0 Å². The lowest BCUT2D eigenvalue weighted by Gasteiger charge is -2.38. The van der Waals surface area contributed by atoms with Crippen LogP contribution in [0.25, 0.3) is 0 Å². The van der Waals surface area contributed by atoms with Gasteiger partial charge < -0.3 is 19.5 Å². The molecule has 1 amide bonds. The molecule has 0 bridgehead atoms. The Hall–Kier alpha value is -1.37. The molecule has 20 heavy (non-hydrogen) atoms. The molecule has 2 aliphatic rings. The smallest absolute Gasteiger partial charge is 0.410 e. The number of carbonyl (C=O) groups excluding carboxylic acids is 1. The van der Waals surface area contributed by atoms with Gasteiger partial charge >= 0.3 is 12.1 Å². The highest BCUT2D eigenvalue weighted by molar-refractivity contribution is 5.80. The highest BCUT2D eigenvalue weighted by Crippen LogP contribution is 2.48. The van der Waals surface area contributed by atoms with Crippen LogP contribution < -0.4 is 0 Å². The largest absolute Gasteiger partial charge is 0.481 e. The van der Waals surface area contributed by atoms with E-state index in [0.29, 0.717) is 0 Å². The molecule has 2 fully saturated rings. The van der Waals surface area contributed by atoms with Crippen molar-refractivity contribution in [1.82, 2.24) is 4.90 Å². The number of carboxylic acids is 1. The minimum atomic E-state index is -1.96. The standard InChI is InChI=1S/C13H20FNO5/c1-11(2,3)20-10(18)15-6-12(9(16)17)8-19-5-4-13(12,14)7-15/h4-8H2,1-3H3,(H,16,17)/t12-,13+/m0/s1. The van der Waals surface area contributed by atoms with E-state index in [-0.39, 0.29) is 32.7 Å². The number of alkyl halides is 1. The summed E-state index contributed by atoms with van der Waals surface area (Å²) in [7, 11) is 0. The molecule has 2 rings (SSSR count). The number of carbonyl (C=O) groups is 2. The molecule has 2 aliphatic heterocycles. The number of hydrogen-bond acceptors (Lipinski definition) is 4. The minimum absolute atomic E-state index is 0.0292. The Balaban J connectivity index is 2.22. The van der Waals surface area contributed by atoms with Crippen LogP contribution in [0.2, 0.25) is 0 Å². The van der Waals surface area contributed by atoms with E-state index < -0.39 is 28.7 Å². The molecule has 0 saturated carbocycles. The number of nitrogens with zero attached hydrogens (tertiary/aromatic N) is 1. The molecule has 114 valence electrons. The van der Waals surface area contributed by atoms with Crippen LogP contribution in [-0.2, 0) is 14.3 Å². The molecule has 0 aromatic heterocycles. The SMILES string of the molecule is CC(C)(C)OC(=O)N1C[C@]2(F)CCOC[C@]2(C(=O)O)C1. The van der Waals surface area contributed by atoms with Gasteiger partial charge in [0.05, 0.1) is 13.2 Å². The minimum Gasteiger partial charge on any atom is -0.481 e. The second kappa shape index (κ2) is 4.58. The maximum atomic E-state index is 15.0. The quantitative estimate of drug-likeness (QED) is 0.790. The summed E-state index contributed by atoms with van der Waals surface area (Å²) < 4.78 is 25.3. The van der Waals surface area contributed by atoms with Crippen LogP contribution in [0.15, 0.2) is 0 Å². The first-order valence-electron chi connectivity index (χ1n) is 6.58. The number of hydrogen-bond donors (Lipinski definition) is 1. The molecule has 0 aromatic rings. The molecular weight excluding hydrogens is 269 g/mol. The molecule has 0 spiro atoms. The van der Waals surface area contributed by atoms with E-state index in [0.717, 1.165) is 4.90 Å². The van der Waals surface area contributed by atoms with Gasteiger partial charge in [0.2, 0.25) is 0 Å². The van der Waals surface area contributed by atoms with Crippen molar-refractivity contribution in [3.05, 3.63) is 0 Å². The third-order valence-corrected chi connectivity index (χ3v) is 3.81. The Morgan fingerprint density at radius 3 is 2.50 bits per heavy atom. The lowest BCUT2D eigenvalue weighted by atomic mass is 9.73. The number of ether oxygens (including phenoxy) is 2. The fraction of sp³-hybridized carbons (Fsp3) is 0.846. The van der Waals surface area contributed by atoms with Gasteiger partial charge in [-0.2, -0.15) is 0 Å². The number of rotatable bonds is 1. The van der Waals surface area contributed by atoms with Crippen LogP contribution in [0.5, 0.6) is 0 Å². The molecule has 1 N–H and O–H groups in total. The molecular formula is C13H20FNO5. The predicted octanol–water partition coefficient (Wildman–Crippen LogP) is 1.44. The molecule has 0 unspecified atom stereocenters. The third kappa shape index (κ3) is 2.34. The van der Waals surface area contributed by atoms with Gasteiger partial charge in [-0.25, -0.2) is 9.18 Å². The van der Waals surface area contributed by atoms with E-state index in [1.54, 1.807) is 20.8 Å². The van der Waals surface area contributed by atoms with Crippen LogP contribution in [0.3, 0.4) is 0 Å². The zero-order valence-corrected chi connectivity index (χ0v) is 11.9. The van der Waals surface area contributed by atoms with E-state index in [2.05, 4.69) is 0 Å². The molecule has 0 radical (unpaired) electrons. The normalized spacial score (nSPS) is 33.7.